The SMILES string of the molecule is C=CCC1(CC=C)CCN(C(CCc2ccccc2)c2nnc([C@](C)(N)Cc3ccccc3)o2)C1=O. The van der Waals surface area contributed by atoms with Crippen molar-refractivity contribution >= 4 is 5.91 Å². The van der Waals surface area contributed by atoms with E-state index in [4.69, 9.17) is 10.2 Å². The maximum absolute atomic E-state index is 13.8. The van der Waals surface area contributed by atoms with Crippen LogP contribution in [0.1, 0.15) is 61.6 Å². The van der Waals surface area contributed by atoms with Gasteiger partial charge in [-0.15, -0.1) is 23.4 Å². The first kappa shape index (κ1) is 25.6. The second-order valence-corrected chi connectivity index (χ2v) is 10.1. The molecule has 3 aromatic rings. The van der Waals surface area contributed by atoms with Gasteiger partial charge in [-0.1, -0.05) is 72.8 Å². The summed E-state index contributed by atoms with van der Waals surface area (Å²) < 4.78 is 6.24. The van der Waals surface area contributed by atoms with Crippen LogP contribution in [0.5, 0.6) is 0 Å². The standard InChI is InChI=1S/C30H36N4O2/c1-4-18-30(19-5-2)20-21-34(28(30)35)25(17-16-23-12-8-6-9-13-23)26-32-33-27(36-26)29(3,31)22-24-14-10-7-11-15-24/h4-15,25H,1-2,16-22,31H2,3H3/t25?,29-/m1/s1. The van der Waals surface area contributed by atoms with Crippen molar-refractivity contribution in [2.24, 2.45) is 11.1 Å². The number of nitrogens with zero attached hydrogens (tertiary/aromatic N) is 3. The molecule has 1 aliphatic rings. The summed E-state index contributed by atoms with van der Waals surface area (Å²) in [6.45, 7) is 10.3. The molecule has 4 rings (SSSR count). The van der Waals surface area contributed by atoms with Gasteiger partial charge < -0.3 is 15.1 Å². The smallest absolute Gasteiger partial charge is 0.239 e. The van der Waals surface area contributed by atoms with Gasteiger partial charge in [-0.2, -0.15) is 0 Å². The Bertz CT molecular complexity index is 1160. The lowest BCUT2D eigenvalue weighted by molar-refractivity contribution is -0.138. The molecule has 0 radical (unpaired) electrons. The van der Waals surface area contributed by atoms with Crippen LogP contribution in [0.3, 0.4) is 0 Å². The van der Waals surface area contributed by atoms with Crippen LogP contribution in [0.15, 0.2) is 90.4 Å². The maximum Gasteiger partial charge on any atom is 0.239 e. The third kappa shape index (κ3) is 5.49. The molecule has 0 aliphatic carbocycles. The van der Waals surface area contributed by atoms with Crippen LogP contribution in [0.2, 0.25) is 0 Å². The highest BCUT2D eigenvalue weighted by Crippen LogP contribution is 2.43. The van der Waals surface area contributed by atoms with Gasteiger partial charge in [-0.05, 0) is 56.6 Å². The van der Waals surface area contributed by atoms with Gasteiger partial charge in [0.05, 0.1) is 11.0 Å². The molecule has 2 atom stereocenters. The molecule has 0 spiro atoms. The van der Waals surface area contributed by atoms with Gasteiger partial charge in [0.25, 0.3) is 0 Å². The number of benzene rings is 2. The van der Waals surface area contributed by atoms with Gasteiger partial charge in [0.2, 0.25) is 17.7 Å². The van der Waals surface area contributed by atoms with E-state index in [1.807, 2.05) is 72.5 Å². The molecule has 2 heterocycles. The van der Waals surface area contributed by atoms with E-state index in [0.29, 0.717) is 44.0 Å². The average molecular weight is 485 g/mol. The van der Waals surface area contributed by atoms with Gasteiger partial charge >= 0.3 is 0 Å². The Morgan fingerprint density at radius 1 is 1.06 bits per heavy atom. The van der Waals surface area contributed by atoms with Crippen LogP contribution in [-0.2, 0) is 23.2 Å². The minimum Gasteiger partial charge on any atom is -0.421 e. The van der Waals surface area contributed by atoms with Crippen LogP contribution in [0.4, 0.5) is 0 Å². The molecular formula is C30H36N4O2. The molecule has 0 bridgehead atoms. The van der Waals surface area contributed by atoms with Crippen LogP contribution < -0.4 is 5.73 Å². The number of allylic oxidation sites excluding steroid dienone is 2. The molecule has 1 unspecified atom stereocenters. The largest absolute Gasteiger partial charge is 0.421 e. The van der Waals surface area contributed by atoms with E-state index in [2.05, 4.69) is 35.5 Å². The van der Waals surface area contributed by atoms with E-state index >= 15 is 0 Å². The number of hydrogen-bond donors (Lipinski definition) is 1. The fourth-order valence-electron chi connectivity index (χ4n) is 5.22. The van der Waals surface area contributed by atoms with Crippen LogP contribution >= 0.6 is 0 Å². The molecule has 6 nitrogen and oxygen atoms in total. The predicted molar refractivity (Wildman–Crippen MR) is 142 cm³/mol. The number of nitrogens with two attached hydrogens (primary N) is 1. The summed E-state index contributed by atoms with van der Waals surface area (Å²) in [6, 6.07) is 19.9. The molecule has 6 heteroatoms. The molecule has 1 fully saturated rings. The predicted octanol–water partition coefficient (Wildman–Crippen LogP) is 5.53. The summed E-state index contributed by atoms with van der Waals surface area (Å²) in [5.74, 6) is 0.910. The molecule has 2 N–H and O–H groups in total. The summed E-state index contributed by atoms with van der Waals surface area (Å²) in [7, 11) is 0. The van der Waals surface area contributed by atoms with Gasteiger partial charge in [-0.3, -0.25) is 4.79 Å². The molecule has 36 heavy (non-hydrogen) atoms. The van der Waals surface area contributed by atoms with Crippen molar-refractivity contribution in [3.05, 3.63) is 109 Å². The molecular weight excluding hydrogens is 448 g/mol. The molecule has 188 valence electrons. The van der Waals surface area contributed by atoms with E-state index in [0.717, 1.165) is 18.4 Å². The second-order valence-electron chi connectivity index (χ2n) is 10.1. The van der Waals surface area contributed by atoms with Gasteiger partial charge in [0, 0.05) is 6.54 Å². The summed E-state index contributed by atoms with van der Waals surface area (Å²) in [6.07, 6.45) is 7.67. The highest BCUT2D eigenvalue weighted by atomic mass is 16.4. The summed E-state index contributed by atoms with van der Waals surface area (Å²) >= 11 is 0. The van der Waals surface area contributed by atoms with Crippen molar-refractivity contribution in [2.45, 2.75) is 57.0 Å². The zero-order valence-electron chi connectivity index (χ0n) is 21.1. The first-order chi connectivity index (χ1) is 17.4. The number of likely N-dealkylation sites (tertiary alicyclic amines) is 1. The first-order valence-corrected chi connectivity index (χ1v) is 12.6. The Kier molecular flexibility index (Phi) is 7.85. The molecule has 1 amide bonds. The molecule has 1 aromatic heterocycles. The second kappa shape index (κ2) is 11.0. The number of aromatic nitrogens is 2. The van der Waals surface area contributed by atoms with E-state index in [1.165, 1.54) is 5.56 Å². The van der Waals surface area contributed by atoms with Crippen molar-refractivity contribution in [3.8, 4) is 0 Å². The average Bonchev–Trinajstić information content (AvgIpc) is 3.48. The number of carbonyl (C=O) groups excluding carboxylic acids is 1. The lowest BCUT2D eigenvalue weighted by Gasteiger charge is -2.29. The number of aryl methyl sites for hydroxylation is 1. The zero-order chi connectivity index (χ0) is 25.6. The molecule has 2 aromatic carbocycles. The lowest BCUT2D eigenvalue weighted by Crippen LogP contribution is -2.37. The Labute approximate surface area is 213 Å². The highest BCUT2D eigenvalue weighted by Gasteiger charge is 2.48. The number of rotatable bonds is 12. The summed E-state index contributed by atoms with van der Waals surface area (Å²) in [4.78, 5) is 15.7. The minimum absolute atomic E-state index is 0.0971. The quantitative estimate of drug-likeness (QED) is 0.342. The molecule has 0 saturated carbocycles. The summed E-state index contributed by atoms with van der Waals surface area (Å²) in [5, 5.41) is 8.78. The van der Waals surface area contributed by atoms with Gasteiger partial charge in [-0.25, -0.2) is 0 Å². The fourth-order valence-corrected chi connectivity index (χ4v) is 5.22. The van der Waals surface area contributed by atoms with Crippen molar-refractivity contribution in [1.29, 1.82) is 0 Å². The van der Waals surface area contributed by atoms with E-state index in [-0.39, 0.29) is 11.9 Å². The molecule has 1 aliphatic heterocycles. The fraction of sp³-hybridized carbons (Fsp3) is 0.367. The summed E-state index contributed by atoms with van der Waals surface area (Å²) in [5.41, 5.74) is 7.61. The normalized spacial score (nSPS) is 17.5. The Hall–Kier alpha value is -3.51. The number of amides is 1. The van der Waals surface area contributed by atoms with Gasteiger partial charge in [0.15, 0.2) is 0 Å². The van der Waals surface area contributed by atoms with Crippen molar-refractivity contribution in [3.63, 3.8) is 0 Å². The van der Waals surface area contributed by atoms with Crippen LogP contribution in [-0.4, -0.2) is 27.5 Å². The lowest BCUT2D eigenvalue weighted by atomic mass is 9.79. The first-order valence-electron chi connectivity index (χ1n) is 12.6. The zero-order valence-corrected chi connectivity index (χ0v) is 21.1. The van der Waals surface area contributed by atoms with E-state index in [1.54, 1.807) is 0 Å². The van der Waals surface area contributed by atoms with Crippen molar-refractivity contribution < 1.29 is 9.21 Å². The van der Waals surface area contributed by atoms with Crippen LogP contribution in [0.25, 0.3) is 0 Å². The third-order valence-corrected chi connectivity index (χ3v) is 7.17. The third-order valence-electron chi connectivity index (χ3n) is 7.17. The van der Waals surface area contributed by atoms with Crippen molar-refractivity contribution in [2.75, 3.05) is 6.54 Å². The number of hydrogen-bond acceptors (Lipinski definition) is 5. The van der Waals surface area contributed by atoms with Crippen molar-refractivity contribution in [1.82, 2.24) is 15.1 Å². The monoisotopic (exact) mass is 484 g/mol. The highest BCUT2D eigenvalue weighted by molar-refractivity contribution is 5.85. The Morgan fingerprint density at radius 2 is 1.67 bits per heavy atom. The minimum atomic E-state index is -0.832. The Morgan fingerprint density at radius 3 is 2.28 bits per heavy atom. The topological polar surface area (TPSA) is 85.2 Å². The van der Waals surface area contributed by atoms with Crippen LogP contribution in [0, 0.1) is 5.41 Å². The molecule has 1 saturated heterocycles. The Balaban J connectivity index is 1.62. The van der Waals surface area contributed by atoms with E-state index in [9.17, 15) is 4.79 Å². The number of carbonyl (C=O) groups is 1. The maximum atomic E-state index is 13.8. The van der Waals surface area contributed by atoms with E-state index < -0.39 is 11.0 Å². The van der Waals surface area contributed by atoms with Gasteiger partial charge in [0.1, 0.15) is 6.04 Å².